The zero-order valence-electron chi connectivity index (χ0n) is 14.6. The minimum Gasteiger partial charge on any atom is -0.371 e. The molecule has 1 fully saturated rings. The Bertz CT molecular complexity index is 758. The molecule has 1 aliphatic rings. The molecule has 5 nitrogen and oxygen atoms in total. The van der Waals surface area contributed by atoms with Crippen LogP contribution in [0.5, 0.6) is 0 Å². The minimum atomic E-state index is -3.24. The number of aromatic nitrogens is 1. The Hall–Kier alpha value is -1.92. The Morgan fingerprint density at radius 1 is 1.08 bits per heavy atom. The van der Waals surface area contributed by atoms with Gasteiger partial charge in [-0.1, -0.05) is 18.2 Å². The fourth-order valence-electron chi connectivity index (χ4n) is 3.31. The SMILES string of the molecule is CN(CCS(=O)(=O)c1ccncc1)C1CCN(c2ccccc2)CC1. The van der Waals surface area contributed by atoms with Gasteiger partial charge in [0.1, 0.15) is 0 Å². The van der Waals surface area contributed by atoms with Crippen molar-refractivity contribution in [2.45, 2.75) is 23.8 Å². The number of pyridine rings is 1. The van der Waals surface area contributed by atoms with E-state index in [1.165, 1.54) is 18.1 Å². The van der Waals surface area contributed by atoms with Crippen molar-refractivity contribution >= 4 is 15.5 Å². The molecule has 2 aromatic rings. The molecule has 3 rings (SSSR count). The van der Waals surface area contributed by atoms with E-state index in [9.17, 15) is 8.42 Å². The lowest BCUT2D eigenvalue weighted by Crippen LogP contribution is -2.44. The summed E-state index contributed by atoms with van der Waals surface area (Å²) in [6.45, 7) is 2.58. The monoisotopic (exact) mass is 359 g/mol. The highest BCUT2D eigenvalue weighted by Crippen LogP contribution is 2.22. The van der Waals surface area contributed by atoms with Gasteiger partial charge in [-0.2, -0.15) is 0 Å². The fraction of sp³-hybridized carbons (Fsp3) is 0.421. The maximum atomic E-state index is 12.4. The lowest BCUT2D eigenvalue weighted by molar-refractivity contribution is 0.218. The van der Waals surface area contributed by atoms with Gasteiger partial charge < -0.3 is 9.80 Å². The Morgan fingerprint density at radius 3 is 2.36 bits per heavy atom. The van der Waals surface area contributed by atoms with Crippen LogP contribution in [0.3, 0.4) is 0 Å². The van der Waals surface area contributed by atoms with Crippen molar-refractivity contribution < 1.29 is 8.42 Å². The predicted molar refractivity (Wildman–Crippen MR) is 101 cm³/mol. The summed E-state index contributed by atoms with van der Waals surface area (Å²) in [7, 11) is -1.21. The Balaban J connectivity index is 1.51. The second-order valence-electron chi connectivity index (χ2n) is 6.54. The van der Waals surface area contributed by atoms with Gasteiger partial charge >= 0.3 is 0 Å². The molecule has 0 radical (unpaired) electrons. The molecule has 0 bridgehead atoms. The first-order valence-electron chi connectivity index (χ1n) is 8.69. The van der Waals surface area contributed by atoms with Crippen LogP contribution in [-0.2, 0) is 9.84 Å². The molecule has 0 N–H and O–H groups in total. The summed E-state index contributed by atoms with van der Waals surface area (Å²) in [4.78, 5) is 8.83. The standard InChI is InChI=1S/C19H25N3O2S/c1-21(15-16-25(23,24)19-7-11-20-12-8-19)17-9-13-22(14-10-17)18-5-3-2-4-6-18/h2-8,11-12,17H,9-10,13-16H2,1H3. The molecule has 1 saturated heterocycles. The van der Waals surface area contributed by atoms with Gasteiger partial charge in [-0.3, -0.25) is 4.98 Å². The molecule has 0 unspecified atom stereocenters. The molecule has 0 amide bonds. The summed E-state index contributed by atoms with van der Waals surface area (Å²) >= 11 is 0. The molecule has 0 atom stereocenters. The summed E-state index contributed by atoms with van der Waals surface area (Å²) in [5.41, 5.74) is 1.27. The van der Waals surface area contributed by atoms with Crippen molar-refractivity contribution in [2.75, 3.05) is 37.3 Å². The topological polar surface area (TPSA) is 53.5 Å². The van der Waals surface area contributed by atoms with Crippen LogP contribution >= 0.6 is 0 Å². The first-order valence-corrected chi connectivity index (χ1v) is 10.3. The van der Waals surface area contributed by atoms with Crippen molar-refractivity contribution in [2.24, 2.45) is 0 Å². The largest absolute Gasteiger partial charge is 0.371 e. The van der Waals surface area contributed by atoms with Crippen LogP contribution in [0.15, 0.2) is 59.8 Å². The molecule has 1 aliphatic heterocycles. The highest BCUT2D eigenvalue weighted by Gasteiger charge is 2.24. The maximum Gasteiger partial charge on any atom is 0.179 e. The molecule has 25 heavy (non-hydrogen) atoms. The van der Waals surface area contributed by atoms with Crippen LogP contribution in [0, 0.1) is 0 Å². The van der Waals surface area contributed by atoms with E-state index in [4.69, 9.17) is 0 Å². The van der Waals surface area contributed by atoms with Gasteiger partial charge in [0, 0.05) is 43.8 Å². The van der Waals surface area contributed by atoms with E-state index in [0.717, 1.165) is 25.9 Å². The number of piperidine rings is 1. The third-order valence-electron chi connectivity index (χ3n) is 4.93. The molecule has 2 heterocycles. The number of benzene rings is 1. The van der Waals surface area contributed by atoms with Crippen molar-refractivity contribution in [3.63, 3.8) is 0 Å². The van der Waals surface area contributed by atoms with Gasteiger partial charge in [-0.05, 0) is 44.2 Å². The van der Waals surface area contributed by atoms with Gasteiger partial charge in [0.05, 0.1) is 10.6 Å². The summed E-state index contributed by atoms with van der Waals surface area (Å²) < 4.78 is 24.8. The highest BCUT2D eigenvalue weighted by atomic mass is 32.2. The van der Waals surface area contributed by atoms with E-state index in [-0.39, 0.29) is 5.75 Å². The zero-order chi connectivity index (χ0) is 17.7. The number of para-hydroxylation sites is 1. The molecule has 0 saturated carbocycles. The van der Waals surface area contributed by atoms with E-state index in [1.54, 1.807) is 12.1 Å². The average molecular weight is 359 g/mol. The van der Waals surface area contributed by atoms with E-state index in [1.807, 2.05) is 13.1 Å². The fourth-order valence-corrected chi connectivity index (χ4v) is 4.61. The molecule has 0 aliphatic carbocycles. The van der Waals surface area contributed by atoms with Crippen LogP contribution < -0.4 is 4.90 Å². The molecular formula is C19H25N3O2S. The van der Waals surface area contributed by atoms with Gasteiger partial charge in [0.25, 0.3) is 0 Å². The molecule has 134 valence electrons. The smallest absolute Gasteiger partial charge is 0.179 e. The summed E-state index contributed by atoms with van der Waals surface area (Å²) in [6.07, 6.45) is 5.16. The molecule has 1 aromatic heterocycles. The van der Waals surface area contributed by atoms with E-state index in [2.05, 4.69) is 39.0 Å². The van der Waals surface area contributed by atoms with E-state index >= 15 is 0 Å². The van der Waals surface area contributed by atoms with Crippen LogP contribution in [0.4, 0.5) is 5.69 Å². The van der Waals surface area contributed by atoms with E-state index < -0.39 is 9.84 Å². The van der Waals surface area contributed by atoms with Crippen molar-refractivity contribution in [1.82, 2.24) is 9.88 Å². The first kappa shape index (κ1) is 17.9. The average Bonchev–Trinajstić information content (AvgIpc) is 2.68. The van der Waals surface area contributed by atoms with Gasteiger partial charge in [0.2, 0.25) is 0 Å². The lowest BCUT2D eigenvalue weighted by atomic mass is 10.0. The third kappa shape index (κ3) is 4.58. The highest BCUT2D eigenvalue weighted by molar-refractivity contribution is 7.91. The number of anilines is 1. The predicted octanol–water partition coefficient (Wildman–Crippen LogP) is 2.46. The van der Waals surface area contributed by atoms with Crippen molar-refractivity contribution in [3.05, 3.63) is 54.9 Å². The second kappa shape index (κ2) is 7.97. The summed E-state index contributed by atoms with van der Waals surface area (Å²) in [5, 5.41) is 0. The number of hydrogen-bond donors (Lipinski definition) is 0. The second-order valence-corrected chi connectivity index (χ2v) is 8.65. The Kier molecular flexibility index (Phi) is 5.71. The minimum absolute atomic E-state index is 0.145. The number of rotatable bonds is 6. The first-order chi connectivity index (χ1) is 12.1. The van der Waals surface area contributed by atoms with Crippen LogP contribution in [0.25, 0.3) is 0 Å². The molecule has 0 spiro atoms. The summed E-state index contributed by atoms with van der Waals surface area (Å²) in [6, 6.07) is 14.0. The molecule has 6 heteroatoms. The maximum absolute atomic E-state index is 12.4. The zero-order valence-corrected chi connectivity index (χ0v) is 15.4. The van der Waals surface area contributed by atoms with Crippen LogP contribution in [0.2, 0.25) is 0 Å². The summed E-state index contributed by atoms with van der Waals surface area (Å²) in [5.74, 6) is 0.145. The number of hydrogen-bond acceptors (Lipinski definition) is 5. The van der Waals surface area contributed by atoms with Crippen LogP contribution in [-0.4, -0.2) is 56.8 Å². The van der Waals surface area contributed by atoms with Gasteiger partial charge in [-0.25, -0.2) is 8.42 Å². The lowest BCUT2D eigenvalue weighted by Gasteiger charge is -2.37. The third-order valence-corrected chi connectivity index (χ3v) is 6.64. The van der Waals surface area contributed by atoms with Crippen LogP contribution in [0.1, 0.15) is 12.8 Å². The van der Waals surface area contributed by atoms with Crippen molar-refractivity contribution in [1.29, 1.82) is 0 Å². The Morgan fingerprint density at radius 2 is 1.72 bits per heavy atom. The molecular weight excluding hydrogens is 334 g/mol. The Labute approximate surface area is 150 Å². The normalized spacial score (nSPS) is 16.3. The van der Waals surface area contributed by atoms with Crippen molar-refractivity contribution in [3.8, 4) is 0 Å². The molecule has 1 aromatic carbocycles. The van der Waals surface area contributed by atoms with Gasteiger partial charge in [-0.15, -0.1) is 0 Å². The number of sulfone groups is 1. The number of nitrogens with zero attached hydrogens (tertiary/aromatic N) is 3. The van der Waals surface area contributed by atoms with E-state index in [0.29, 0.717) is 17.5 Å². The quantitative estimate of drug-likeness (QED) is 0.793. The van der Waals surface area contributed by atoms with Gasteiger partial charge in [0.15, 0.2) is 9.84 Å².